The molecule has 0 amide bonds. The summed E-state index contributed by atoms with van der Waals surface area (Å²) >= 11 is 0. The molecule has 2 saturated heterocycles. The normalized spacial score (nSPS) is 28.2. The molecule has 5 nitrogen and oxygen atoms in total. The van der Waals surface area contributed by atoms with E-state index in [1.54, 1.807) is 0 Å². The lowest BCUT2D eigenvalue weighted by Gasteiger charge is -2.48. The van der Waals surface area contributed by atoms with Gasteiger partial charge in [0.2, 0.25) is 0 Å². The Kier molecular flexibility index (Phi) is 7.62. The molecule has 0 spiro atoms. The predicted molar refractivity (Wildman–Crippen MR) is 111 cm³/mol. The van der Waals surface area contributed by atoms with Crippen molar-refractivity contribution in [1.82, 2.24) is 20.4 Å². The molecule has 0 radical (unpaired) electrons. The molecule has 0 bridgehead atoms. The highest BCUT2D eigenvalue weighted by Crippen LogP contribution is 2.35. The van der Waals surface area contributed by atoms with E-state index in [1.165, 1.54) is 90.5 Å². The molecule has 0 aromatic rings. The molecule has 0 aromatic heterocycles. The summed E-state index contributed by atoms with van der Waals surface area (Å²) in [6.07, 6.45) is 12.4. The van der Waals surface area contributed by atoms with E-state index in [1.807, 2.05) is 7.05 Å². The van der Waals surface area contributed by atoms with Gasteiger partial charge in [0.25, 0.3) is 0 Å². The molecule has 5 heteroatoms. The summed E-state index contributed by atoms with van der Waals surface area (Å²) in [6.45, 7) is 10.6. The zero-order valence-corrected chi connectivity index (χ0v) is 17.2. The summed E-state index contributed by atoms with van der Waals surface area (Å²) in [5.74, 6) is 1.76. The van der Waals surface area contributed by atoms with Crippen molar-refractivity contribution in [1.29, 1.82) is 0 Å². The minimum absolute atomic E-state index is 0.364. The van der Waals surface area contributed by atoms with Crippen molar-refractivity contribution in [3.63, 3.8) is 0 Å². The van der Waals surface area contributed by atoms with Crippen LogP contribution in [0.2, 0.25) is 0 Å². The lowest BCUT2D eigenvalue weighted by Crippen LogP contribution is -2.59. The van der Waals surface area contributed by atoms with E-state index in [2.05, 4.69) is 32.3 Å². The van der Waals surface area contributed by atoms with Crippen LogP contribution in [0.5, 0.6) is 0 Å². The Hall–Kier alpha value is -0.810. The maximum absolute atomic E-state index is 4.51. The van der Waals surface area contributed by atoms with Crippen LogP contribution in [0.4, 0.5) is 0 Å². The highest BCUT2D eigenvalue weighted by atomic mass is 15.3. The summed E-state index contributed by atoms with van der Waals surface area (Å²) in [7, 11) is 1.91. The van der Waals surface area contributed by atoms with Gasteiger partial charge < -0.3 is 15.5 Å². The summed E-state index contributed by atoms with van der Waals surface area (Å²) in [5.41, 5.74) is 0.364. The first kappa shape index (κ1) is 19.9. The number of aliphatic imine (C=N–C) groups is 1. The highest BCUT2D eigenvalue weighted by molar-refractivity contribution is 5.79. The third-order valence-electron chi connectivity index (χ3n) is 7.00. The standard InChI is InChI=1S/C21H41N5/c1-3-25-15-10-19(17-25)16-23-20(22-2)24-18-21(11-6-4-7-12-21)26-13-8-5-9-14-26/h19H,3-18H2,1-2H3,(H2,22,23,24). The number of guanidine groups is 1. The van der Waals surface area contributed by atoms with Crippen LogP contribution < -0.4 is 10.6 Å². The predicted octanol–water partition coefficient (Wildman–Crippen LogP) is 2.68. The molecule has 150 valence electrons. The fraction of sp³-hybridized carbons (Fsp3) is 0.952. The van der Waals surface area contributed by atoms with E-state index in [9.17, 15) is 0 Å². The van der Waals surface area contributed by atoms with Gasteiger partial charge in [0.1, 0.15) is 0 Å². The van der Waals surface area contributed by atoms with Gasteiger partial charge in [-0.2, -0.15) is 0 Å². The van der Waals surface area contributed by atoms with Crippen LogP contribution in [0.3, 0.4) is 0 Å². The highest BCUT2D eigenvalue weighted by Gasteiger charge is 2.38. The molecule has 2 N–H and O–H groups in total. The maximum Gasteiger partial charge on any atom is 0.191 e. The van der Waals surface area contributed by atoms with Crippen molar-refractivity contribution in [2.24, 2.45) is 10.9 Å². The zero-order valence-electron chi connectivity index (χ0n) is 17.2. The van der Waals surface area contributed by atoms with Crippen LogP contribution in [0.25, 0.3) is 0 Å². The van der Waals surface area contributed by atoms with Gasteiger partial charge in [0, 0.05) is 32.2 Å². The Morgan fingerprint density at radius 3 is 2.38 bits per heavy atom. The molecule has 3 aliphatic rings. The van der Waals surface area contributed by atoms with Crippen LogP contribution in [-0.2, 0) is 0 Å². The Labute approximate surface area is 161 Å². The second-order valence-corrected chi connectivity index (χ2v) is 8.69. The van der Waals surface area contributed by atoms with Crippen molar-refractivity contribution in [2.45, 2.75) is 70.3 Å². The zero-order chi connectivity index (χ0) is 18.2. The number of piperidine rings is 1. The van der Waals surface area contributed by atoms with Crippen molar-refractivity contribution in [3.8, 4) is 0 Å². The largest absolute Gasteiger partial charge is 0.356 e. The van der Waals surface area contributed by atoms with E-state index < -0.39 is 0 Å². The van der Waals surface area contributed by atoms with Crippen LogP contribution >= 0.6 is 0 Å². The van der Waals surface area contributed by atoms with Crippen molar-refractivity contribution in [2.75, 3.05) is 52.9 Å². The minimum Gasteiger partial charge on any atom is -0.356 e. The average Bonchev–Trinajstić information content (AvgIpc) is 3.18. The maximum atomic E-state index is 4.51. The van der Waals surface area contributed by atoms with Gasteiger partial charge in [-0.15, -0.1) is 0 Å². The molecule has 0 aromatic carbocycles. The second-order valence-electron chi connectivity index (χ2n) is 8.69. The van der Waals surface area contributed by atoms with Gasteiger partial charge in [-0.3, -0.25) is 9.89 Å². The van der Waals surface area contributed by atoms with Crippen LogP contribution in [0.15, 0.2) is 4.99 Å². The van der Waals surface area contributed by atoms with E-state index in [0.717, 1.165) is 25.0 Å². The molecular formula is C21H41N5. The van der Waals surface area contributed by atoms with Crippen molar-refractivity contribution >= 4 is 5.96 Å². The molecule has 3 fully saturated rings. The smallest absolute Gasteiger partial charge is 0.191 e. The molecular weight excluding hydrogens is 322 g/mol. The number of nitrogens with zero attached hydrogens (tertiary/aromatic N) is 3. The monoisotopic (exact) mass is 363 g/mol. The van der Waals surface area contributed by atoms with Crippen molar-refractivity contribution < 1.29 is 0 Å². The third-order valence-corrected chi connectivity index (χ3v) is 7.00. The molecule has 1 saturated carbocycles. The number of hydrogen-bond donors (Lipinski definition) is 2. The fourth-order valence-corrected chi connectivity index (χ4v) is 5.26. The first-order chi connectivity index (χ1) is 12.8. The summed E-state index contributed by atoms with van der Waals surface area (Å²) in [4.78, 5) is 9.87. The Morgan fingerprint density at radius 2 is 1.73 bits per heavy atom. The number of likely N-dealkylation sites (tertiary alicyclic amines) is 2. The number of rotatable bonds is 6. The first-order valence-corrected chi connectivity index (χ1v) is 11.2. The van der Waals surface area contributed by atoms with Crippen LogP contribution in [0, 0.1) is 5.92 Å². The summed E-state index contributed by atoms with van der Waals surface area (Å²) in [5, 5.41) is 7.32. The Balaban J connectivity index is 1.50. The number of hydrogen-bond acceptors (Lipinski definition) is 3. The lowest BCUT2D eigenvalue weighted by molar-refractivity contribution is 0.0368. The van der Waals surface area contributed by atoms with Gasteiger partial charge in [-0.25, -0.2) is 0 Å². The SMILES string of the molecule is CCN1CCC(CNC(=NC)NCC2(N3CCCCC3)CCCCC2)C1. The van der Waals surface area contributed by atoms with Gasteiger partial charge in [0.15, 0.2) is 5.96 Å². The average molecular weight is 364 g/mol. The molecule has 1 atom stereocenters. The minimum atomic E-state index is 0.364. The summed E-state index contributed by atoms with van der Waals surface area (Å²) < 4.78 is 0. The van der Waals surface area contributed by atoms with E-state index >= 15 is 0 Å². The van der Waals surface area contributed by atoms with Crippen molar-refractivity contribution in [3.05, 3.63) is 0 Å². The quantitative estimate of drug-likeness (QED) is 0.562. The topological polar surface area (TPSA) is 42.9 Å². The Morgan fingerprint density at radius 1 is 1.00 bits per heavy atom. The number of nitrogens with one attached hydrogen (secondary N) is 2. The molecule has 1 unspecified atom stereocenters. The van der Waals surface area contributed by atoms with Gasteiger partial charge in [-0.05, 0) is 64.2 Å². The van der Waals surface area contributed by atoms with Crippen LogP contribution in [-0.4, -0.2) is 74.2 Å². The van der Waals surface area contributed by atoms with E-state index in [0.29, 0.717) is 5.54 Å². The van der Waals surface area contributed by atoms with Crippen LogP contribution in [0.1, 0.15) is 64.7 Å². The van der Waals surface area contributed by atoms with E-state index in [4.69, 9.17) is 0 Å². The van der Waals surface area contributed by atoms with E-state index in [-0.39, 0.29) is 0 Å². The first-order valence-electron chi connectivity index (χ1n) is 11.2. The van der Waals surface area contributed by atoms with Gasteiger partial charge >= 0.3 is 0 Å². The molecule has 2 heterocycles. The fourth-order valence-electron chi connectivity index (χ4n) is 5.26. The molecule has 1 aliphatic carbocycles. The summed E-state index contributed by atoms with van der Waals surface area (Å²) in [6, 6.07) is 0. The second kappa shape index (κ2) is 9.93. The molecule has 26 heavy (non-hydrogen) atoms. The Bertz CT molecular complexity index is 438. The van der Waals surface area contributed by atoms with Gasteiger partial charge in [0.05, 0.1) is 0 Å². The molecule has 2 aliphatic heterocycles. The van der Waals surface area contributed by atoms with Gasteiger partial charge in [-0.1, -0.05) is 32.6 Å². The molecule has 3 rings (SSSR count). The third kappa shape index (κ3) is 5.13. The lowest BCUT2D eigenvalue weighted by atomic mass is 9.79.